The largest absolute Gasteiger partial charge is 0.465 e. The molecule has 2 saturated heterocycles. The molecule has 0 bridgehead atoms. The molecule has 2 N–H and O–H groups in total. The van der Waals surface area contributed by atoms with Gasteiger partial charge in [-0.05, 0) is 25.7 Å². The molecule has 6 heteroatoms. The number of ketones is 1. The Morgan fingerprint density at radius 2 is 2.29 bits per heavy atom. The van der Waals surface area contributed by atoms with Crippen LogP contribution in [0.15, 0.2) is 0 Å². The lowest BCUT2D eigenvalue weighted by Crippen LogP contribution is -2.46. The number of nitrogens with one attached hydrogen (secondary N) is 1. The molecule has 0 aromatic carbocycles. The third-order valence-corrected chi connectivity index (χ3v) is 3.31. The van der Waals surface area contributed by atoms with Gasteiger partial charge in [-0.1, -0.05) is 0 Å². The van der Waals surface area contributed by atoms with Gasteiger partial charge in [-0.15, -0.1) is 0 Å². The summed E-state index contributed by atoms with van der Waals surface area (Å²) in [5.41, 5.74) is -0.785. The minimum Gasteiger partial charge on any atom is -0.465 e. The quantitative estimate of drug-likeness (QED) is 0.683. The Morgan fingerprint density at radius 1 is 1.59 bits per heavy atom. The van der Waals surface area contributed by atoms with Crippen LogP contribution in [0.5, 0.6) is 0 Å². The first-order valence-corrected chi connectivity index (χ1v) is 5.77. The van der Waals surface area contributed by atoms with Crippen molar-refractivity contribution < 1.29 is 24.2 Å². The number of ether oxygens (including phenoxy) is 2. The Balaban J connectivity index is 1.96. The summed E-state index contributed by atoms with van der Waals surface area (Å²) < 4.78 is 10.3. The fraction of sp³-hybridized carbons (Fsp3) is 0.818. The molecule has 3 atom stereocenters. The molecule has 2 fully saturated rings. The molecular formula is C11H17NO5. The second kappa shape index (κ2) is 4.62. The lowest BCUT2D eigenvalue weighted by Gasteiger charge is -2.20. The Morgan fingerprint density at radius 3 is 2.76 bits per heavy atom. The number of hydrogen-bond acceptors (Lipinski definition) is 4. The molecule has 0 aromatic rings. The summed E-state index contributed by atoms with van der Waals surface area (Å²) in [5.74, 6) is 0.0740. The van der Waals surface area contributed by atoms with Gasteiger partial charge in [-0.3, -0.25) is 4.79 Å². The predicted octanol–water partition coefficient (Wildman–Crippen LogP) is 0.407. The summed E-state index contributed by atoms with van der Waals surface area (Å²) in [6.07, 6.45) is 0.193. The van der Waals surface area contributed by atoms with Crippen molar-refractivity contribution in [2.75, 3.05) is 19.8 Å². The molecule has 96 valence electrons. The van der Waals surface area contributed by atoms with E-state index in [9.17, 15) is 9.59 Å². The van der Waals surface area contributed by atoms with Crippen LogP contribution in [0, 0.1) is 5.92 Å². The summed E-state index contributed by atoms with van der Waals surface area (Å²) in [6, 6.07) is -0.688. The standard InChI is InChI=1S/C11H17NO5/c1-11(6-17-11)9(13)8(12-10(14)15)4-7-2-3-16-5-7/h7-8,12H,2-6H2,1H3,(H,14,15)/t7-,8+,11-/m1/s1. The molecule has 2 heterocycles. The first kappa shape index (κ1) is 12.3. The van der Waals surface area contributed by atoms with E-state index in [2.05, 4.69) is 5.32 Å². The van der Waals surface area contributed by atoms with Crippen LogP contribution in [0.3, 0.4) is 0 Å². The van der Waals surface area contributed by atoms with Crippen LogP contribution in [0.25, 0.3) is 0 Å². The lowest BCUT2D eigenvalue weighted by atomic mass is 9.91. The highest BCUT2D eigenvalue weighted by atomic mass is 16.6. The second-order valence-corrected chi connectivity index (χ2v) is 4.85. The molecule has 0 radical (unpaired) electrons. The number of epoxide rings is 1. The fourth-order valence-electron chi connectivity index (χ4n) is 2.10. The predicted molar refractivity (Wildman–Crippen MR) is 57.9 cm³/mol. The van der Waals surface area contributed by atoms with E-state index in [1.165, 1.54) is 0 Å². The average molecular weight is 243 g/mol. The summed E-state index contributed by atoms with van der Waals surface area (Å²) in [6.45, 7) is 3.36. The highest BCUT2D eigenvalue weighted by Gasteiger charge is 2.50. The van der Waals surface area contributed by atoms with Crippen LogP contribution in [-0.4, -0.2) is 48.4 Å². The van der Waals surface area contributed by atoms with Crippen LogP contribution in [0.1, 0.15) is 19.8 Å². The van der Waals surface area contributed by atoms with Crippen molar-refractivity contribution in [2.24, 2.45) is 5.92 Å². The smallest absolute Gasteiger partial charge is 0.405 e. The Hall–Kier alpha value is -1.14. The first-order chi connectivity index (χ1) is 8.01. The number of carboxylic acid groups (broad SMARTS) is 1. The monoisotopic (exact) mass is 243 g/mol. The molecule has 2 aliphatic rings. The normalized spacial score (nSPS) is 33.1. The molecule has 0 aliphatic carbocycles. The van der Waals surface area contributed by atoms with E-state index < -0.39 is 17.7 Å². The highest BCUT2D eigenvalue weighted by molar-refractivity contribution is 5.95. The van der Waals surface area contributed by atoms with Gasteiger partial charge in [0.2, 0.25) is 0 Å². The van der Waals surface area contributed by atoms with Crippen molar-refractivity contribution in [1.29, 1.82) is 0 Å². The molecular weight excluding hydrogens is 226 g/mol. The maximum atomic E-state index is 12.1. The van der Waals surface area contributed by atoms with Crippen molar-refractivity contribution in [3.8, 4) is 0 Å². The highest BCUT2D eigenvalue weighted by Crippen LogP contribution is 2.30. The van der Waals surface area contributed by atoms with E-state index in [4.69, 9.17) is 14.6 Å². The van der Waals surface area contributed by atoms with E-state index in [-0.39, 0.29) is 11.7 Å². The molecule has 0 unspecified atom stereocenters. The van der Waals surface area contributed by atoms with Crippen LogP contribution in [-0.2, 0) is 14.3 Å². The minimum atomic E-state index is -1.17. The van der Waals surface area contributed by atoms with Gasteiger partial charge in [0.25, 0.3) is 0 Å². The second-order valence-electron chi connectivity index (χ2n) is 4.85. The van der Waals surface area contributed by atoms with Gasteiger partial charge in [-0.25, -0.2) is 4.79 Å². The first-order valence-electron chi connectivity index (χ1n) is 5.77. The Kier molecular flexibility index (Phi) is 3.35. The molecule has 2 aliphatic heterocycles. The SMILES string of the molecule is C[C@]1(C(=O)[C@H](C[C@H]2CCOC2)NC(=O)O)CO1. The van der Waals surface area contributed by atoms with Crippen LogP contribution < -0.4 is 5.32 Å². The molecule has 2 rings (SSSR count). The van der Waals surface area contributed by atoms with E-state index in [0.717, 1.165) is 6.42 Å². The third-order valence-electron chi connectivity index (χ3n) is 3.31. The number of rotatable bonds is 5. The van der Waals surface area contributed by atoms with Gasteiger partial charge < -0.3 is 19.9 Å². The van der Waals surface area contributed by atoms with E-state index >= 15 is 0 Å². The van der Waals surface area contributed by atoms with Crippen molar-refractivity contribution >= 4 is 11.9 Å². The van der Waals surface area contributed by atoms with Crippen molar-refractivity contribution in [3.63, 3.8) is 0 Å². The summed E-state index contributed by atoms with van der Waals surface area (Å²) in [4.78, 5) is 22.8. The molecule has 1 amide bonds. The van der Waals surface area contributed by atoms with Crippen molar-refractivity contribution in [3.05, 3.63) is 0 Å². The van der Waals surface area contributed by atoms with Crippen molar-refractivity contribution in [2.45, 2.75) is 31.4 Å². The number of carbonyl (C=O) groups is 2. The zero-order valence-electron chi connectivity index (χ0n) is 9.77. The molecule has 0 spiro atoms. The van der Waals surface area contributed by atoms with Gasteiger partial charge in [0, 0.05) is 13.2 Å². The van der Waals surface area contributed by atoms with Crippen LogP contribution in [0.2, 0.25) is 0 Å². The maximum absolute atomic E-state index is 12.1. The summed E-state index contributed by atoms with van der Waals surface area (Å²) in [7, 11) is 0. The zero-order chi connectivity index (χ0) is 12.5. The van der Waals surface area contributed by atoms with Gasteiger partial charge in [0.1, 0.15) is 5.60 Å². The summed E-state index contributed by atoms with van der Waals surface area (Å²) in [5, 5.41) is 11.0. The molecule has 6 nitrogen and oxygen atoms in total. The Labute approximate surface area is 99.3 Å². The maximum Gasteiger partial charge on any atom is 0.405 e. The molecule has 0 saturated carbocycles. The average Bonchev–Trinajstić information content (AvgIpc) is 2.80. The number of carbonyl (C=O) groups excluding carboxylic acids is 1. The van der Waals surface area contributed by atoms with Gasteiger partial charge in [-0.2, -0.15) is 0 Å². The van der Waals surface area contributed by atoms with Crippen molar-refractivity contribution in [1.82, 2.24) is 5.32 Å². The van der Waals surface area contributed by atoms with E-state index in [1.807, 2.05) is 0 Å². The van der Waals surface area contributed by atoms with Crippen LogP contribution in [0.4, 0.5) is 4.79 Å². The fourth-order valence-corrected chi connectivity index (χ4v) is 2.10. The number of hydrogen-bond donors (Lipinski definition) is 2. The van der Waals surface area contributed by atoms with Gasteiger partial charge in [0.15, 0.2) is 5.78 Å². The summed E-state index contributed by atoms with van der Waals surface area (Å²) >= 11 is 0. The lowest BCUT2D eigenvalue weighted by molar-refractivity contribution is -0.125. The van der Waals surface area contributed by atoms with Gasteiger partial charge >= 0.3 is 6.09 Å². The third kappa shape index (κ3) is 2.95. The van der Waals surface area contributed by atoms with Gasteiger partial charge in [0.05, 0.1) is 12.6 Å². The Bertz CT molecular complexity index is 320. The number of Topliss-reactive ketones (excluding diaryl/α,β-unsaturated/α-hetero) is 1. The topological polar surface area (TPSA) is 88.2 Å². The van der Waals surface area contributed by atoms with E-state index in [0.29, 0.717) is 26.2 Å². The number of amides is 1. The van der Waals surface area contributed by atoms with E-state index in [1.54, 1.807) is 6.92 Å². The van der Waals surface area contributed by atoms with Crippen LogP contribution >= 0.6 is 0 Å². The molecule has 17 heavy (non-hydrogen) atoms. The molecule has 0 aromatic heterocycles. The minimum absolute atomic E-state index is 0.174. The zero-order valence-corrected chi connectivity index (χ0v) is 9.77.